The number of nitrogens with one attached hydrogen (secondary N) is 3. The van der Waals surface area contributed by atoms with Crippen LogP contribution in [0.25, 0.3) is 44.3 Å². The summed E-state index contributed by atoms with van der Waals surface area (Å²) in [7, 11) is -10.3. The van der Waals surface area contributed by atoms with Crippen molar-refractivity contribution in [3.05, 3.63) is 95.0 Å². The third kappa shape index (κ3) is 11.9. The average molecular weight is 993 g/mol. The van der Waals surface area contributed by atoms with Gasteiger partial charge in [0.05, 0.1) is 23.2 Å². The largest absolute Gasteiger partial charge is 0.478 e. The molecule has 0 saturated carbocycles. The number of carbonyl (C=O) groups excluding carboxylic acids is 3. The van der Waals surface area contributed by atoms with Crippen LogP contribution in [0, 0.1) is 5.41 Å². The Hall–Kier alpha value is -6.63. The third-order valence-corrected chi connectivity index (χ3v) is 14.5. The zero-order valence-electron chi connectivity index (χ0n) is 37.6. The highest BCUT2D eigenvalue weighted by molar-refractivity contribution is 7.86. The molecule has 0 saturated heterocycles. The molecule has 23 heteroatoms. The van der Waals surface area contributed by atoms with E-state index < -0.39 is 84.0 Å². The molecule has 4 aromatic rings. The van der Waals surface area contributed by atoms with Crippen LogP contribution < -0.4 is 21.7 Å². The molecule has 0 atom stereocenters. The van der Waals surface area contributed by atoms with E-state index in [4.69, 9.17) is 25.1 Å². The van der Waals surface area contributed by atoms with Crippen LogP contribution in [0.3, 0.4) is 0 Å². The van der Waals surface area contributed by atoms with E-state index in [1.165, 1.54) is 31.3 Å². The number of carbonyl (C=O) groups is 4. The van der Waals surface area contributed by atoms with Crippen molar-refractivity contribution < 1.29 is 64.2 Å². The van der Waals surface area contributed by atoms with Crippen LogP contribution in [0.1, 0.15) is 52.1 Å². The van der Waals surface area contributed by atoms with E-state index in [0.717, 1.165) is 45.9 Å². The molecular weight excluding hydrogens is 941 g/mol. The lowest BCUT2D eigenvalue weighted by atomic mass is 9.89. The molecule has 8 N–H and O–H groups in total. The lowest BCUT2D eigenvalue weighted by Gasteiger charge is -2.20. The monoisotopic (exact) mass is 992 g/mol. The molecule has 3 amide bonds. The standard InChI is InChI=1S/C45H52N6O14S2Si/c1-50(45(56)63-22-23-68(2,3)4)64-26-29-24-27-10-6-7-11-36(27)51(29)21-18-37(52)48-19-8-5-9-20-49-43(53)28-12-13-30(44(54)55)33(25-28)38-31-14-16-34(46)41(66(57,58)59)39(31)65-40-32(38)15-17-35(47)42(40)67(60,61)62/h6-7,10-17,24-25,46H,5,8-9,18-23,26,47H2,1-4H3,(H,48,52)(H,49,53)(H,54,55)(H,57,58,59)(H,60,61,62). The summed E-state index contributed by atoms with van der Waals surface area (Å²) in [5.41, 5.74) is 5.34. The van der Waals surface area contributed by atoms with Crippen LogP contribution in [0.5, 0.6) is 0 Å². The number of fused-ring (bicyclic) bond motifs is 3. The van der Waals surface area contributed by atoms with Crippen molar-refractivity contribution in [3.8, 4) is 22.5 Å². The van der Waals surface area contributed by atoms with Crippen molar-refractivity contribution >= 4 is 79.7 Å². The van der Waals surface area contributed by atoms with Gasteiger partial charge in [-0.05, 0) is 90.9 Å². The third-order valence-electron chi connectivity index (χ3n) is 11.0. The molecule has 2 aliphatic rings. The topological polar surface area (TPSA) is 311 Å². The summed E-state index contributed by atoms with van der Waals surface area (Å²) < 4.78 is 83.5. The Bertz CT molecular complexity index is 3180. The molecule has 1 aliphatic heterocycles. The van der Waals surface area contributed by atoms with E-state index in [1.54, 1.807) is 0 Å². The summed E-state index contributed by atoms with van der Waals surface area (Å²) in [5, 5.41) is 25.2. The first-order chi connectivity index (χ1) is 32.0. The van der Waals surface area contributed by atoms with Crippen LogP contribution in [-0.2, 0) is 47.8 Å². The van der Waals surface area contributed by atoms with Crippen molar-refractivity contribution in [3.63, 3.8) is 0 Å². The molecule has 0 bridgehead atoms. The smallest absolute Gasteiger partial charge is 0.433 e. The summed E-state index contributed by atoms with van der Waals surface area (Å²) in [4.78, 5) is 55.2. The van der Waals surface area contributed by atoms with Crippen molar-refractivity contribution in [2.75, 3.05) is 32.5 Å². The number of aryl methyl sites for hydroxylation is 1. The molecule has 0 unspecified atom stereocenters. The van der Waals surface area contributed by atoms with E-state index in [0.29, 0.717) is 39.0 Å². The number of hydroxylamine groups is 2. The van der Waals surface area contributed by atoms with E-state index in [1.807, 2.05) is 34.9 Å². The minimum atomic E-state index is -5.23. The maximum atomic E-state index is 13.5. The van der Waals surface area contributed by atoms with Crippen LogP contribution in [-0.4, -0.2) is 99.4 Å². The predicted molar refractivity (Wildman–Crippen MR) is 253 cm³/mol. The number of para-hydroxylation sites is 1. The number of benzene rings is 4. The zero-order chi connectivity index (χ0) is 49.7. The number of ether oxygens (including phenoxy) is 1. The lowest BCUT2D eigenvalue weighted by Crippen LogP contribution is -2.30. The maximum absolute atomic E-state index is 13.5. The fourth-order valence-corrected chi connectivity index (χ4v) is 9.74. The Balaban J connectivity index is 1.08. The number of nitrogen functional groups attached to an aromatic ring is 1. The van der Waals surface area contributed by atoms with Gasteiger partial charge in [-0.2, -0.15) is 21.9 Å². The molecule has 1 aromatic heterocycles. The Kier molecular flexibility index (Phi) is 15.5. The second-order valence-corrected chi connectivity index (χ2v) is 25.5. The van der Waals surface area contributed by atoms with Crippen molar-refractivity contribution in [1.82, 2.24) is 20.3 Å². The molecule has 0 fully saturated rings. The van der Waals surface area contributed by atoms with Gasteiger partial charge in [0.25, 0.3) is 26.1 Å². The zero-order valence-corrected chi connectivity index (χ0v) is 40.3. The number of aromatic nitrogens is 1. The highest BCUT2D eigenvalue weighted by Gasteiger charge is 2.32. The molecule has 20 nitrogen and oxygen atoms in total. The summed E-state index contributed by atoms with van der Waals surface area (Å²) >= 11 is 0. The van der Waals surface area contributed by atoms with Gasteiger partial charge in [0.1, 0.15) is 6.61 Å². The van der Waals surface area contributed by atoms with Crippen LogP contribution in [0.2, 0.25) is 25.7 Å². The first kappa shape index (κ1) is 50.8. The highest BCUT2D eigenvalue weighted by atomic mass is 32.2. The normalized spacial score (nSPS) is 12.1. The Labute approximate surface area is 392 Å². The van der Waals surface area contributed by atoms with Crippen LogP contribution in [0.4, 0.5) is 10.5 Å². The average Bonchev–Trinajstić information content (AvgIpc) is 3.61. The predicted octanol–water partition coefficient (Wildman–Crippen LogP) is 6.36. The number of hydrogen-bond donors (Lipinski definition) is 7. The van der Waals surface area contributed by atoms with Crippen molar-refractivity contribution in [2.24, 2.45) is 0 Å². The number of carboxylic acid groups (broad SMARTS) is 1. The maximum Gasteiger partial charge on any atom is 0.433 e. The molecule has 3 aromatic carbocycles. The molecular formula is C45H52N6O14S2Si. The number of amides is 3. The van der Waals surface area contributed by atoms with Crippen molar-refractivity contribution in [1.29, 1.82) is 5.41 Å². The van der Waals surface area contributed by atoms with Crippen LogP contribution in [0.15, 0.2) is 87.0 Å². The quantitative estimate of drug-likeness (QED) is 0.0109. The van der Waals surface area contributed by atoms with Gasteiger partial charge in [0.2, 0.25) is 5.91 Å². The molecule has 0 radical (unpaired) electrons. The minimum absolute atomic E-state index is 0.0375. The molecule has 2 heterocycles. The van der Waals surface area contributed by atoms with Crippen molar-refractivity contribution in [2.45, 2.75) is 74.3 Å². The number of hydrogen-bond acceptors (Lipinski definition) is 13. The molecule has 362 valence electrons. The number of nitrogens with two attached hydrogens (primary N) is 1. The van der Waals surface area contributed by atoms with E-state index in [-0.39, 0.29) is 53.1 Å². The first-order valence-corrected chi connectivity index (χ1v) is 27.9. The van der Waals surface area contributed by atoms with Gasteiger partial charge in [-0.3, -0.25) is 28.9 Å². The first-order valence-electron chi connectivity index (χ1n) is 21.3. The number of nitrogens with zero attached hydrogens (tertiary/aromatic N) is 2. The molecule has 1 aliphatic carbocycles. The fourth-order valence-electron chi connectivity index (χ4n) is 7.54. The highest BCUT2D eigenvalue weighted by Crippen LogP contribution is 2.46. The minimum Gasteiger partial charge on any atom is -0.478 e. The van der Waals surface area contributed by atoms with Gasteiger partial charge in [-0.1, -0.05) is 37.8 Å². The summed E-state index contributed by atoms with van der Waals surface area (Å²) in [5.74, 6) is -3.02. The summed E-state index contributed by atoms with van der Waals surface area (Å²) in [6.45, 7) is 7.89. The van der Waals surface area contributed by atoms with Gasteiger partial charge in [0, 0.05) is 74.5 Å². The van der Waals surface area contributed by atoms with Gasteiger partial charge in [-0.25, -0.2) is 9.59 Å². The van der Waals surface area contributed by atoms with E-state index in [2.05, 4.69) is 30.3 Å². The van der Waals surface area contributed by atoms with Gasteiger partial charge >= 0.3 is 12.1 Å². The number of rotatable bonds is 20. The molecule has 0 spiro atoms. The lowest BCUT2D eigenvalue weighted by molar-refractivity contribution is -0.130. The summed E-state index contributed by atoms with van der Waals surface area (Å²) in [6.07, 6.45) is 1.29. The second kappa shape index (κ2) is 20.7. The fraction of sp³-hybridized carbons (Fsp3) is 0.311. The van der Waals surface area contributed by atoms with Gasteiger partial charge < -0.3 is 35.2 Å². The second-order valence-electron chi connectivity index (χ2n) is 17.1. The Morgan fingerprint density at radius 1 is 0.868 bits per heavy atom. The molecule has 6 rings (SSSR count). The van der Waals surface area contributed by atoms with E-state index >= 15 is 0 Å². The number of anilines is 1. The molecule has 68 heavy (non-hydrogen) atoms. The van der Waals surface area contributed by atoms with Crippen LogP contribution >= 0.6 is 0 Å². The Morgan fingerprint density at radius 2 is 1.56 bits per heavy atom. The number of carboxylic acids is 1. The van der Waals surface area contributed by atoms with Gasteiger partial charge in [0.15, 0.2) is 21.1 Å². The number of unbranched alkanes of at least 4 members (excludes halogenated alkanes) is 2. The van der Waals surface area contributed by atoms with E-state index in [9.17, 15) is 50.2 Å². The summed E-state index contributed by atoms with van der Waals surface area (Å²) in [6, 6.07) is 18.6. The number of aromatic carboxylic acids is 1. The Morgan fingerprint density at radius 3 is 2.24 bits per heavy atom. The van der Waals surface area contributed by atoms with Gasteiger partial charge in [-0.15, -0.1) is 0 Å². The SMILES string of the molecule is CN(OCc1cc2ccccc2n1CCC(=O)NCCCCCNC(=O)c1ccc(C(=O)O)c(-c2c3ccc(=N)c(S(=O)(=O)O)c-3oc3c(S(=O)(=O)O)c(N)ccc23)c1)C(=O)OCC[Si](C)(C)C.